The number of thioether (sulfide) groups is 1. The largest absolute Gasteiger partial charge is 0.331 e. The van der Waals surface area contributed by atoms with Crippen molar-refractivity contribution in [3.8, 4) is 5.69 Å². The number of hydrogen-bond donors (Lipinski definition) is 2. The van der Waals surface area contributed by atoms with E-state index < -0.39 is 0 Å². The van der Waals surface area contributed by atoms with Crippen molar-refractivity contribution in [2.24, 2.45) is 0 Å². The molecule has 2 N–H and O–H groups in total. The first-order valence-electron chi connectivity index (χ1n) is 9.35. The van der Waals surface area contributed by atoms with Gasteiger partial charge in [-0.1, -0.05) is 35.5 Å². The van der Waals surface area contributed by atoms with Crippen LogP contribution in [0.25, 0.3) is 5.69 Å². The van der Waals surface area contributed by atoms with Gasteiger partial charge in [0, 0.05) is 16.4 Å². The molecule has 0 aliphatic carbocycles. The molecular weight excluding hydrogens is 406 g/mol. The first kappa shape index (κ1) is 21.4. The Balaban J connectivity index is 1.81. The second-order valence-corrected chi connectivity index (χ2v) is 8.54. The molecule has 0 unspecified atom stereocenters. The monoisotopic (exact) mass is 430 g/mol. The zero-order valence-electron chi connectivity index (χ0n) is 16.9. The van der Waals surface area contributed by atoms with Crippen molar-refractivity contribution in [2.75, 3.05) is 25.2 Å². The van der Waals surface area contributed by atoms with Crippen molar-refractivity contribution >= 4 is 35.0 Å². The molecule has 0 radical (unpaired) electrons. The van der Waals surface area contributed by atoms with Crippen molar-refractivity contribution in [2.45, 2.75) is 25.0 Å². The van der Waals surface area contributed by atoms with Crippen LogP contribution in [0.1, 0.15) is 24.4 Å². The molecule has 3 aromatic rings. The van der Waals surface area contributed by atoms with Gasteiger partial charge < -0.3 is 10.2 Å². The highest BCUT2D eigenvalue weighted by atomic mass is 35.5. The lowest BCUT2D eigenvalue weighted by atomic mass is 10.2. The minimum Gasteiger partial charge on any atom is -0.331 e. The maximum Gasteiger partial charge on any atom is 0.234 e. The van der Waals surface area contributed by atoms with E-state index in [1.54, 1.807) is 0 Å². The van der Waals surface area contributed by atoms with E-state index in [-0.39, 0.29) is 17.7 Å². The number of quaternary nitrogens is 1. The van der Waals surface area contributed by atoms with Crippen LogP contribution in [-0.4, -0.2) is 40.5 Å². The average Bonchev–Trinajstić information content (AvgIpc) is 3.10. The summed E-state index contributed by atoms with van der Waals surface area (Å²) < 4.78 is 2.00. The fourth-order valence-electron chi connectivity index (χ4n) is 2.80. The van der Waals surface area contributed by atoms with E-state index in [2.05, 4.69) is 36.5 Å². The van der Waals surface area contributed by atoms with Crippen LogP contribution in [0.2, 0.25) is 5.02 Å². The Labute approximate surface area is 180 Å². The van der Waals surface area contributed by atoms with Crippen molar-refractivity contribution in [1.82, 2.24) is 14.8 Å². The molecule has 29 heavy (non-hydrogen) atoms. The van der Waals surface area contributed by atoms with Crippen LogP contribution in [0.3, 0.4) is 0 Å². The summed E-state index contributed by atoms with van der Waals surface area (Å²) in [7, 11) is 4.15. The van der Waals surface area contributed by atoms with Crippen LogP contribution >= 0.6 is 23.4 Å². The van der Waals surface area contributed by atoms with Gasteiger partial charge in [-0.15, -0.1) is 10.2 Å². The van der Waals surface area contributed by atoms with Gasteiger partial charge in [0.1, 0.15) is 6.04 Å². The van der Waals surface area contributed by atoms with Crippen molar-refractivity contribution in [1.29, 1.82) is 0 Å². The summed E-state index contributed by atoms with van der Waals surface area (Å²) in [5.74, 6) is 0.996. The zero-order chi connectivity index (χ0) is 21.0. The van der Waals surface area contributed by atoms with Crippen molar-refractivity contribution in [3.63, 3.8) is 0 Å². The molecule has 152 valence electrons. The molecule has 1 heterocycles. The Bertz CT molecular complexity index is 987. The summed E-state index contributed by atoms with van der Waals surface area (Å²) in [6, 6.07) is 15.4. The van der Waals surface area contributed by atoms with E-state index in [0.717, 1.165) is 22.8 Å². The second-order valence-electron chi connectivity index (χ2n) is 7.16. The lowest BCUT2D eigenvalue weighted by Crippen LogP contribution is -3.05. The Hall–Kier alpha value is -2.35. The Morgan fingerprint density at radius 3 is 2.59 bits per heavy atom. The smallest absolute Gasteiger partial charge is 0.234 e. The standard InChI is InChI=1S/C21H24ClN5OS/c1-14-6-5-7-17(12-14)23-19(28)13-29-21-25-24-20(15(2)26(3)4)27(21)18-10-8-16(22)9-11-18/h5-12,15H,13H2,1-4H3,(H,23,28)/p+1/t15-/m1/s1. The molecule has 1 aromatic heterocycles. The molecule has 0 bridgehead atoms. The van der Waals surface area contributed by atoms with Gasteiger partial charge in [-0.05, 0) is 55.8 Å². The molecule has 0 saturated heterocycles. The van der Waals surface area contributed by atoms with Crippen LogP contribution in [0, 0.1) is 6.92 Å². The normalized spacial score (nSPS) is 12.2. The maximum absolute atomic E-state index is 12.4. The predicted molar refractivity (Wildman–Crippen MR) is 118 cm³/mol. The number of halogens is 1. The van der Waals surface area contributed by atoms with Crippen LogP contribution in [-0.2, 0) is 4.79 Å². The third-order valence-corrected chi connectivity index (χ3v) is 5.81. The molecule has 1 amide bonds. The van der Waals surface area contributed by atoms with Gasteiger partial charge >= 0.3 is 0 Å². The third kappa shape index (κ3) is 5.38. The van der Waals surface area contributed by atoms with E-state index in [0.29, 0.717) is 10.2 Å². The van der Waals surface area contributed by atoms with Gasteiger partial charge in [0.05, 0.1) is 19.8 Å². The number of carbonyl (C=O) groups is 1. The summed E-state index contributed by atoms with van der Waals surface area (Å²) in [5.41, 5.74) is 2.81. The highest BCUT2D eigenvalue weighted by molar-refractivity contribution is 7.99. The number of benzene rings is 2. The number of amides is 1. The van der Waals surface area contributed by atoms with Gasteiger partial charge in [0.25, 0.3) is 0 Å². The highest BCUT2D eigenvalue weighted by Gasteiger charge is 2.23. The average molecular weight is 431 g/mol. The fraction of sp³-hybridized carbons (Fsp3) is 0.286. The first-order valence-corrected chi connectivity index (χ1v) is 10.7. The lowest BCUT2D eigenvalue weighted by molar-refractivity contribution is -0.890. The predicted octanol–water partition coefficient (Wildman–Crippen LogP) is 3.17. The minimum absolute atomic E-state index is 0.0842. The number of nitrogens with zero attached hydrogens (tertiary/aromatic N) is 3. The molecule has 6 nitrogen and oxygen atoms in total. The van der Waals surface area contributed by atoms with E-state index in [1.165, 1.54) is 16.7 Å². The zero-order valence-corrected chi connectivity index (χ0v) is 18.5. The Morgan fingerprint density at radius 2 is 1.93 bits per heavy atom. The summed E-state index contributed by atoms with van der Waals surface area (Å²) in [6.07, 6.45) is 0. The molecule has 0 aliphatic heterocycles. The Morgan fingerprint density at radius 1 is 1.21 bits per heavy atom. The number of hydrogen-bond acceptors (Lipinski definition) is 4. The SMILES string of the molecule is Cc1cccc(NC(=O)CSc2nnc([C@@H](C)[NH+](C)C)n2-c2ccc(Cl)cc2)c1. The van der Waals surface area contributed by atoms with Gasteiger partial charge in [-0.25, -0.2) is 0 Å². The molecule has 2 aromatic carbocycles. The molecule has 1 atom stereocenters. The summed E-state index contributed by atoms with van der Waals surface area (Å²) in [4.78, 5) is 13.7. The van der Waals surface area contributed by atoms with Gasteiger partial charge in [0.2, 0.25) is 5.91 Å². The second kappa shape index (κ2) is 9.43. The van der Waals surface area contributed by atoms with Crippen molar-refractivity contribution < 1.29 is 9.69 Å². The number of rotatable bonds is 7. The van der Waals surface area contributed by atoms with E-state index in [9.17, 15) is 4.79 Å². The topological polar surface area (TPSA) is 64.2 Å². The number of aryl methyl sites for hydroxylation is 1. The number of carbonyl (C=O) groups excluding carboxylic acids is 1. The quantitative estimate of drug-likeness (QED) is 0.565. The molecule has 0 saturated carbocycles. The molecular formula is C21H25ClN5OS+. The molecule has 3 rings (SSSR count). The van der Waals surface area contributed by atoms with E-state index in [1.807, 2.05) is 60.0 Å². The molecule has 0 spiro atoms. The number of aromatic nitrogens is 3. The van der Waals surface area contributed by atoms with Crippen LogP contribution in [0.4, 0.5) is 5.69 Å². The summed E-state index contributed by atoms with van der Waals surface area (Å²) in [5, 5.41) is 13.0. The summed E-state index contributed by atoms with van der Waals surface area (Å²) in [6.45, 7) is 4.10. The van der Waals surface area contributed by atoms with Gasteiger partial charge in [0.15, 0.2) is 11.0 Å². The third-order valence-electron chi connectivity index (χ3n) is 4.63. The fourth-order valence-corrected chi connectivity index (χ4v) is 3.68. The minimum atomic E-state index is -0.0842. The van der Waals surface area contributed by atoms with Crippen LogP contribution < -0.4 is 10.2 Å². The van der Waals surface area contributed by atoms with Crippen LogP contribution in [0.5, 0.6) is 0 Å². The van der Waals surface area contributed by atoms with Gasteiger partial charge in [-0.3, -0.25) is 9.36 Å². The van der Waals surface area contributed by atoms with Crippen LogP contribution in [0.15, 0.2) is 53.7 Å². The van der Waals surface area contributed by atoms with E-state index >= 15 is 0 Å². The summed E-state index contributed by atoms with van der Waals surface area (Å²) >= 11 is 7.42. The van der Waals surface area contributed by atoms with E-state index in [4.69, 9.17) is 11.6 Å². The van der Waals surface area contributed by atoms with Gasteiger partial charge in [-0.2, -0.15) is 0 Å². The lowest BCUT2D eigenvalue weighted by Gasteiger charge is -2.18. The molecule has 0 aliphatic rings. The highest BCUT2D eigenvalue weighted by Crippen LogP contribution is 2.25. The molecule has 8 heteroatoms. The first-order chi connectivity index (χ1) is 13.8. The number of nitrogens with one attached hydrogen (secondary N) is 2. The maximum atomic E-state index is 12.4. The number of anilines is 1. The Kier molecular flexibility index (Phi) is 6.95. The molecule has 0 fully saturated rings. The van der Waals surface area contributed by atoms with Crippen molar-refractivity contribution in [3.05, 3.63) is 64.9 Å².